The number of ether oxygens (including phenoxy) is 3. The molecule has 28 rings (SSSR count). The Hall–Kier alpha value is -18.2. The van der Waals surface area contributed by atoms with Crippen molar-refractivity contribution in [2.75, 3.05) is 0 Å². The third kappa shape index (κ3) is 12.0. The lowest BCUT2D eigenvalue weighted by Gasteiger charge is -2.23. The molecule has 25 aromatic rings. The molecule has 132 heavy (non-hydrogen) atoms. The van der Waals surface area contributed by atoms with E-state index < -0.39 is 0 Å². The smallest absolute Gasteiger partial charge is 0.153 e. The Bertz CT molecular complexity index is 8960. The van der Waals surface area contributed by atoms with E-state index in [1.807, 2.05) is 134 Å². The molecule has 0 atom stereocenters. The molecule has 614 valence electrons. The van der Waals surface area contributed by atoms with E-state index in [1.54, 1.807) is 0 Å². The van der Waals surface area contributed by atoms with Crippen molar-refractivity contribution in [1.29, 1.82) is 5.26 Å². The van der Waals surface area contributed by atoms with Gasteiger partial charge in [0, 0.05) is 51.8 Å². The predicted octanol–water partition coefficient (Wildman–Crippen LogP) is 31.1. The van der Waals surface area contributed by atoms with E-state index in [0.29, 0.717) is 5.56 Å². The van der Waals surface area contributed by atoms with Crippen LogP contribution in [0, 0.1) is 11.3 Å². The van der Waals surface area contributed by atoms with E-state index in [9.17, 15) is 5.26 Å². The third-order valence-electron chi connectivity index (χ3n) is 26.1. The van der Waals surface area contributed by atoms with E-state index in [-0.39, 0.29) is 0 Å². The standard InChI is InChI=1S/C42H25N3O.C40H23N3O.C38H23N3O/c1-2-11-27(12-3-1)42-44-34-20-9-21-36-41(34)45(42)35-23-22-28(25-37(35)46-36)38-29-15-4-6-17-31(29)39(32-18-7-5-16-30(32)38)33-19-8-13-26-14-10-24-43-40(26)33;41-24-25-17-19-26(20-18-25)37-29-11-4-6-13-31(29)38(32-14-7-5-12-30(32)37)28-21-22-34-36(23-28)44-35-16-8-15-33-39(35)43(34)40(42-33)27-9-2-1-3-10-27;1-2-10-24(11-3-1)38-40-31-17-8-18-33-37(31)41(38)32-20-19-25(22-34(32)42-33)35-27-13-4-6-15-29(27)36(26-12-9-21-39-23-26)30-16-7-5-14-28(30)35/h1-25H;1-23H;1-23H. The van der Waals surface area contributed by atoms with Crippen molar-refractivity contribution in [3.05, 3.63) is 437 Å². The van der Waals surface area contributed by atoms with Gasteiger partial charge in [-0.2, -0.15) is 5.26 Å². The Morgan fingerprint density at radius 1 is 0.235 bits per heavy atom. The number of para-hydroxylation sites is 4. The normalized spacial score (nSPS) is 12.0. The minimum atomic E-state index is 0.653. The molecule has 12 heteroatoms. The fraction of sp³-hybridized carbons (Fsp3) is 0. The van der Waals surface area contributed by atoms with Gasteiger partial charge in [0.25, 0.3) is 0 Å². The van der Waals surface area contributed by atoms with Gasteiger partial charge < -0.3 is 14.2 Å². The molecule has 0 saturated heterocycles. The first-order valence-corrected chi connectivity index (χ1v) is 44.2. The molecule has 8 heterocycles. The third-order valence-corrected chi connectivity index (χ3v) is 26.1. The summed E-state index contributed by atoms with van der Waals surface area (Å²) in [6, 6.07) is 146. The van der Waals surface area contributed by atoms with E-state index in [2.05, 4.69) is 322 Å². The summed E-state index contributed by atoms with van der Waals surface area (Å²) in [5, 5.41) is 24.7. The molecule has 0 aliphatic carbocycles. The summed E-state index contributed by atoms with van der Waals surface area (Å²) in [5.74, 6) is 7.55. The number of aromatic nitrogens is 8. The minimum Gasteiger partial charge on any atom is -0.453 e. The summed E-state index contributed by atoms with van der Waals surface area (Å²) in [5.41, 5.74) is 27.3. The highest BCUT2D eigenvalue weighted by molar-refractivity contribution is 6.25. The Morgan fingerprint density at radius 3 is 0.886 bits per heavy atom. The number of hydrogen-bond donors (Lipinski definition) is 0. The Balaban J connectivity index is 0.000000104. The van der Waals surface area contributed by atoms with Gasteiger partial charge in [0.2, 0.25) is 0 Å². The summed E-state index contributed by atoms with van der Waals surface area (Å²) in [4.78, 5) is 24.4. The van der Waals surface area contributed by atoms with Crippen molar-refractivity contribution in [3.63, 3.8) is 0 Å². The van der Waals surface area contributed by atoms with Gasteiger partial charge in [0.1, 0.15) is 34.0 Å². The van der Waals surface area contributed by atoms with Gasteiger partial charge in [-0.15, -0.1) is 0 Å². The molecular weight excluding hydrogens is 1620 g/mol. The maximum absolute atomic E-state index is 9.38. The van der Waals surface area contributed by atoms with Crippen LogP contribution in [0.15, 0.2) is 431 Å². The van der Waals surface area contributed by atoms with Crippen LogP contribution in [0.5, 0.6) is 34.5 Å². The summed E-state index contributed by atoms with van der Waals surface area (Å²) >= 11 is 0. The maximum Gasteiger partial charge on any atom is 0.153 e. The average Bonchev–Trinajstić information content (AvgIpc) is 1.72. The molecule has 3 aliphatic heterocycles. The molecule has 0 radical (unpaired) electrons. The van der Waals surface area contributed by atoms with Gasteiger partial charge in [-0.1, -0.05) is 315 Å². The average molecular weight is 1690 g/mol. The van der Waals surface area contributed by atoms with Gasteiger partial charge in [0.15, 0.2) is 34.5 Å². The summed E-state index contributed by atoms with van der Waals surface area (Å²) in [6.45, 7) is 0. The number of rotatable bonds is 9. The van der Waals surface area contributed by atoms with E-state index in [0.717, 1.165) is 190 Å². The summed E-state index contributed by atoms with van der Waals surface area (Å²) in [6.07, 6.45) is 5.66. The molecule has 3 aliphatic rings. The van der Waals surface area contributed by atoms with Crippen molar-refractivity contribution in [1.82, 2.24) is 38.6 Å². The highest BCUT2D eigenvalue weighted by atomic mass is 16.5. The van der Waals surface area contributed by atoms with Crippen molar-refractivity contribution in [3.8, 4) is 159 Å². The van der Waals surface area contributed by atoms with Crippen LogP contribution >= 0.6 is 0 Å². The van der Waals surface area contributed by atoms with Crippen LogP contribution in [-0.2, 0) is 0 Å². The van der Waals surface area contributed by atoms with Crippen LogP contribution in [-0.4, -0.2) is 38.6 Å². The molecule has 0 amide bonds. The van der Waals surface area contributed by atoms with Crippen molar-refractivity contribution in [2.45, 2.75) is 0 Å². The molecule has 0 saturated carbocycles. The first-order valence-electron chi connectivity index (χ1n) is 44.2. The monoisotopic (exact) mass is 1690 g/mol. The largest absolute Gasteiger partial charge is 0.453 e. The number of nitrogens with zero attached hydrogens (tertiary/aromatic N) is 9. The van der Waals surface area contributed by atoms with Crippen LogP contribution in [0.25, 0.3) is 227 Å². The SMILES string of the molecule is N#Cc1ccc(-c2c3ccccc3c(-c3ccc4c(c3)Oc3cccc5nc(-c6ccccc6)n-4c35)c3ccccc23)cc1.c1ccc(-c2nc3cccc4c3n2-c2ccc(-c3c5ccccc5c(-c5cccc6cccnc56)c5ccccc35)cc2O4)cc1.c1ccc(-c2nc3cccc4c3n2-c2ccc(-c3c5ccccc5c(-c5cccnc5)c5ccccc35)cc2O4)cc1. The lowest BCUT2D eigenvalue weighted by atomic mass is 9.85. The van der Waals surface area contributed by atoms with Gasteiger partial charge in [-0.3, -0.25) is 23.7 Å². The number of benzene rings is 20. The Morgan fingerprint density at radius 2 is 0.538 bits per heavy atom. The van der Waals surface area contributed by atoms with Gasteiger partial charge in [-0.05, 0) is 217 Å². The first kappa shape index (κ1) is 75.2. The molecule has 5 aromatic heterocycles. The molecular formula is C120H71N9O3. The molecule has 12 nitrogen and oxygen atoms in total. The fourth-order valence-corrected chi connectivity index (χ4v) is 20.5. The first-order chi connectivity index (χ1) is 65.5. The molecule has 0 unspecified atom stereocenters. The second-order valence-corrected chi connectivity index (χ2v) is 33.5. The van der Waals surface area contributed by atoms with Crippen LogP contribution in [0.3, 0.4) is 0 Å². The van der Waals surface area contributed by atoms with E-state index in [4.69, 9.17) is 34.1 Å². The van der Waals surface area contributed by atoms with E-state index >= 15 is 0 Å². The van der Waals surface area contributed by atoms with Gasteiger partial charge in [-0.25, -0.2) is 15.0 Å². The second-order valence-electron chi connectivity index (χ2n) is 33.5. The quantitative estimate of drug-likeness (QED) is 0.130. The van der Waals surface area contributed by atoms with Crippen LogP contribution < -0.4 is 14.2 Å². The zero-order chi connectivity index (χ0) is 87.0. The van der Waals surface area contributed by atoms with Crippen molar-refractivity contribution >= 4 is 109 Å². The van der Waals surface area contributed by atoms with Crippen molar-refractivity contribution in [2.24, 2.45) is 0 Å². The zero-order valence-corrected chi connectivity index (χ0v) is 70.7. The predicted molar refractivity (Wildman–Crippen MR) is 535 cm³/mol. The highest BCUT2D eigenvalue weighted by Gasteiger charge is 2.32. The van der Waals surface area contributed by atoms with Crippen LogP contribution in [0.2, 0.25) is 0 Å². The van der Waals surface area contributed by atoms with E-state index in [1.165, 1.54) is 70.9 Å². The number of fused-ring (bicyclic) bond motifs is 13. The van der Waals surface area contributed by atoms with Crippen molar-refractivity contribution < 1.29 is 14.2 Å². The zero-order valence-electron chi connectivity index (χ0n) is 70.7. The number of imidazole rings is 3. The highest BCUT2D eigenvalue weighted by Crippen LogP contribution is 2.54. The summed E-state index contributed by atoms with van der Waals surface area (Å²) in [7, 11) is 0. The number of hydrogen-bond acceptors (Lipinski definition) is 9. The summed E-state index contributed by atoms with van der Waals surface area (Å²) < 4.78 is 26.6. The fourth-order valence-electron chi connectivity index (χ4n) is 20.5. The molecule has 0 bridgehead atoms. The lowest BCUT2D eigenvalue weighted by Crippen LogP contribution is -2.06. The molecule has 0 N–H and O–H groups in total. The maximum atomic E-state index is 9.38. The topological polar surface area (TPSA) is 131 Å². The van der Waals surface area contributed by atoms with Gasteiger partial charge in [0.05, 0.1) is 50.8 Å². The number of pyridine rings is 2. The van der Waals surface area contributed by atoms with Gasteiger partial charge >= 0.3 is 0 Å². The Labute approximate surface area is 756 Å². The van der Waals surface area contributed by atoms with Crippen LogP contribution in [0.1, 0.15) is 5.56 Å². The minimum absolute atomic E-state index is 0.653. The van der Waals surface area contributed by atoms with Crippen LogP contribution in [0.4, 0.5) is 0 Å². The Kier molecular flexibility index (Phi) is 17.4. The number of nitriles is 1. The lowest BCUT2D eigenvalue weighted by molar-refractivity contribution is 0.476. The second kappa shape index (κ2) is 30.6. The molecule has 0 spiro atoms. The molecule has 0 fully saturated rings. The molecule has 20 aromatic carbocycles.